The zero-order valence-electron chi connectivity index (χ0n) is 9.51. The fourth-order valence-corrected chi connectivity index (χ4v) is 1.65. The molecule has 8 heteroatoms. The van der Waals surface area contributed by atoms with Gasteiger partial charge in [-0.3, -0.25) is 0 Å². The summed E-state index contributed by atoms with van der Waals surface area (Å²) in [5, 5.41) is 32.0. The number of aliphatic hydroxyl groups excluding tert-OH is 3. The summed E-state index contributed by atoms with van der Waals surface area (Å²) in [5.74, 6) is 0. The molecule has 0 aromatic heterocycles. The van der Waals surface area contributed by atoms with Crippen LogP contribution in [0.4, 0.5) is 0 Å². The third kappa shape index (κ3) is 3.53. The highest BCUT2D eigenvalue weighted by molar-refractivity contribution is 4.88. The van der Waals surface area contributed by atoms with Crippen LogP contribution in [0.15, 0.2) is 5.11 Å². The minimum absolute atomic E-state index is 0.0744. The monoisotopic (exact) mass is 247 g/mol. The topological polar surface area (TPSA) is 128 Å². The first-order chi connectivity index (χ1) is 8.11. The van der Waals surface area contributed by atoms with Crippen molar-refractivity contribution in [3.63, 3.8) is 0 Å². The van der Waals surface area contributed by atoms with Gasteiger partial charge in [0.15, 0.2) is 6.29 Å². The van der Waals surface area contributed by atoms with Crippen LogP contribution in [-0.4, -0.2) is 59.2 Å². The van der Waals surface area contributed by atoms with Crippen LogP contribution in [0.2, 0.25) is 0 Å². The van der Waals surface area contributed by atoms with Crippen molar-refractivity contribution in [1.29, 1.82) is 0 Å². The highest BCUT2D eigenvalue weighted by Gasteiger charge is 2.43. The lowest BCUT2D eigenvalue weighted by atomic mass is 9.97. The van der Waals surface area contributed by atoms with Gasteiger partial charge in [0, 0.05) is 11.5 Å². The molecule has 1 rings (SSSR count). The second-order valence-corrected chi connectivity index (χ2v) is 3.75. The van der Waals surface area contributed by atoms with Gasteiger partial charge in [-0.15, -0.1) is 0 Å². The first-order valence-electron chi connectivity index (χ1n) is 5.44. The molecule has 0 aromatic carbocycles. The molecule has 0 bridgehead atoms. The Bertz CT molecular complexity index is 282. The fraction of sp³-hybridized carbons (Fsp3) is 1.00. The molecule has 1 aliphatic heterocycles. The lowest BCUT2D eigenvalue weighted by Gasteiger charge is -2.39. The van der Waals surface area contributed by atoms with Gasteiger partial charge >= 0.3 is 0 Å². The van der Waals surface area contributed by atoms with Crippen molar-refractivity contribution < 1.29 is 24.8 Å². The molecule has 1 saturated heterocycles. The van der Waals surface area contributed by atoms with Crippen LogP contribution in [0, 0.1) is 0 Å². The molecular formula is C9H17N3O5. The third-order valence-corrected chi connectivity index (χ3v) is 2.61. The largest absolute Gasteiger partial charge is 0.388 e. The highest BCUT2D eigenvalue weighted by Crippen LogP contribution is 2.23. The molecule has 0 aromatic rings. The summed E-state index contributed by atoms with van der Waals surface area (Å²) in [7, 11) is 0. The smallest absolute Gasteiger partial charge is 0.186 e. The summed E-state index contributed by atoms with van der Waals surface area (Å²) in [6, 6.07) is 0. The van der Waals surface area contributed by atoms with E-state index in [9.17, 15) is 15.3 Å². The van der Waals surface area contributed by atoms with E-state index in [-0.39, 0.29) is 13.2 Å². The van der Waals surface area contributed by atoms with Crippen molar-refractivity contribution in [3.05, 3.63) is 10.4 Å². The van der Waals surface area contributed by atoms with E-state index in [0.717, 1.165) is 0 Å². The average molecular weight is 247 g/mol. The zero-order valence-corrected chi connectivity index (χ0v) is 9.51. The fourth-order valence-electron chi connectivity index (χ4n) is 1.65. The van der Waals surface area contributed by atoms with Crippen molar-refractivity contribution in [2.75, 3.05) is 13.2 Å². The van der Waals surface area contributed by atoms with E-state index in [1.807, 2.05) is 0 Å². The first-order valence-corrected chi connectivity index (χ1v) is 5.44. The normalized spacial score (nSPS) is 37.5. The Balaban J connectivity index is 2.50. The second-order valence-electron chi connectivity index (χ2n) is 3.75. The van der Waals surface area contributed by atoms with Crippen LogP contribution < -0.4 is 0 Å². The lowest BCUT2D eigenvalue weighted by molar-refractivity contribution is -0.296. The van der Waals surface area contributed by atoms with Gasteiger partial charge in [0.2, 0.25) is 0 Å². The standard InChI is InChI=1S/C9H17N3O5/c1-2-5-6(13)7(14)8(15)9(17-5)16-4-3-11-12-10/h5-9,13-15H,2-4H2,1H3/t5?,6-,7+,8?,9-/m1/s1. The predicted molar refractivity (Wildman–Crippen MR) is 56.9 cm³/mol. The molecule has 1 fully saturated rings. The highest BCUT2D eigenvalue weighted by atomic mass is 16.7. The molecule has 8 nitrogen and oxygen atoms in total. The average Bonchev–Trinajstić information content (AvgIpc) is 2.34. The van der Waals surface area contributed by atoms with Crippen LogP contribution in [0.5, 0.6) is 0 Å². The van der Waals surface area contributed by atoms with E-state index in [0.29, 0.717) is 6.42 Å². The van der Waals surface area contributed by atoms with E-state index in [4.69, 9.17) is 15.0 Å². The Kier molecular flexibility index (Phi) is 5.63. The number of hydrogen-bond donors (Lipinski definition) is 3. The van der Waals surface area contributed by atoms with Gasteiger partial charge in [-0.1, -0.05) is 12.0 Å². The van der Waals surface area contributed by atoms with Crippen LogP contribution in [0.3, 0.4) is 0 Å². The molecule has 2 unspecified atom stereocenters. The summed E-state index contributed by atoms with van der Waals surface area (Å²) < 4.78 is 10.4. The maximum atomic E-state index is 9.61. The molecule has 0 radical (unpaired) electrons. The molecule has 98 valence electrons. The number of hydrogen-bond acceptors (Lipinski definition) is 6. The maximum absolute atomic E-state index is 9.61. The van der Waals surface area contributed by atoms with Crippen LogP contribution in [-0.2, 0) is 9.47 Å². The number of ether oxygens (including phenoxy) is 2. The molecule has 1 heterocycles. The summed E-state index contributed by atoms with van der Waals surface area (Å²) in [6.45, 7) is 1.97. The second kappa shape index (κ2) is 6.75. The molecule has 5 atom stereocenters. The summed E-state index contributed by atoms with van der Waals surface area (Å²) in [4.78, 5) is 2.55. The SMILES string of the molecule is CCC1O[C@@H](OCCN=[N+]=[N-])C(O)[C@@H](O)[C@@H]1O. The van der Waals surface area contributed by atoms with Crippen LogP contribution >= 0.6 is 0 Å². The maximum Gasteiger partial charge on any atom is 0.186 e. The van der Waals surface area contributed by atoms with E-state index in [1.165, 1.54) is 0 Å². The Hall–Kier alpha value is -0.890. The van der Waals surface area contributed by atoms with Gasteiger partial charge in [-0.2, -0.15) is 0 Å². The lowest BCUT2D eigenvalue weighted by Crippen LogP contribution is -2.58. The third-order valence-electron chi connectivity index (χ3n) is 2.61. The Labute approximate surface area is 98.4 Å². The molecule has 0 aliphatic carbocycles. The number of aliphatic hydroxyl groups is 3. The zero-order chi connectivity index (χ0) is 12.8. The Morgan fingerprint density at radius 2 is 2.00 bits per heavy atom. The quantitative estimate of drug-likeness (QED) is 0.262. The van der Waals surface area contributed by atoms with Crippen LogP contribution in [0.1, 0.15) is 13.3 Å². The van der Waals surface area contributed by atoms with Crippen molar-refractivity contribution in [1.82, 2.24) is 0 Å². The van der Waals surface area contributed by atoms with Gasteiger partial charge in [-0.25, -0.2) is 0 Å². The summed E-state index contributed by atoms with van der Waals surface area (Å²) in [6.07, 6.45) is -4.88. The van der Waals surface area contributed by atoms with Gasteiger partial charge in [-0.05, 0) is 12.0 Å². The molecule has 0 amide bonds. The van der Waals surface area contributed by atoms with E-state index in [2.05, 4.69) is 10.0 Å². The van der Waals surface area contributed by atoms with Gasteiger partial charge < -0.3 is 24.8 Å². The predicted octanol–water partition coefficient (Wildman–Crippen LogP) is -0.469. The Morgan fingerprint density at radius 3 is 2.59 bits per heavy atom. The minimum atomic E-state index is -1.32. The van der Waals surface area contributed by atoms with Crippen molar-refractivity contribution in [2.45, 2.75) is 44.1 Å². The number of azide groups is 1. The van der Waals surface area contributed by atoms with E-state index < -0.39 is 30.7 Å². The Morgan fingerprint density at radius 1 is 1.29 bits per heavy atom. The van der Waals surface area contributed by atoms with Crippen molar-refractivity contribution >= 4 is 0 Å². The number of rotatable bonds is 5. The minimum Gasteiger partial charge on any atom is -0.388 e. The number of nitrogens with zero attached hydrogens (tertiary/aromatic N) is 3. The molecule has 0 saturated carbocycles. The summed E-state index contributed by atoms with van der Waals surface area (Å²) >= 11 is 0. The van der Waals surface area contributed by atoms with Gasteiger partial charge in [0.1, 0.15) is 18.3 Å². The van der Waals surface area contributed by atoms with E-state index in [1.54, 1.807) is 6.92 Å². The summed E-state index contributed by atoms with van der Waals surface area (Å²) in [5.41, 5.74) is 8.06. The first kappa shape index (κ1) is 14.2. The van der Waals surface area contributed by atoms with E-state index >= 15 is 0 Å². The van der Waals surface area contributed by atoms with Gasteiger partial charge in [0.05, 0.1) is 12.7 Å². The van der Waals surface area contributed by atoms with Gasteiger partial charge in [0.25, 0.3) is 0 Å². The van der Waals surface area contributed by atoms with Crippen molar-refractivity contribution in [3.8, 4) is 0 Å². The van der Waals surface area contributed by atoms with Crippen molar-refractivity contribution in [2.24, 2.45) is 5.11 Å². The molecular weight excluding hydrogens is 230 g/mol. The molecule has 0 spiro atoms. The molecule has 3 N–H and O–H groups in total. The van der Waals surface area contributed by atoms with Crippen LogP contribution in [0.25, 0.3) is 10.4 Å². The molecule has 17 heavy (non-hydrogen) atoms. The molecule has 1 aliphatic rings.